The lowest BCUT2D eigenvalue weighted by molar-refractivity contribution is -0.126. The van der Waals surface area contributed by atoms with Gasteiger partial charge in [-0.2, -0.15) is 20.1 Å². The topological polar surface area (TPSA) is 113 Å². The molecule has 3 aromatic heterocycles. The summed E-state index contributed by atoms with van der Waals surface area (Å²) in [5, 5.41) is 7.61. The molecule has 4 aromatic rings. The minimum atomic E-state index is -0.685. The first-order valence-electron chi connectivity index (χ1n) is 13.1. The van der Waals surface area contributed by atoms with Crippen LogP contribution in [-0.4, -0.2) is 93.3 Å². The van der Waals surface area contributed by atoms with Gasteiger partial charge < -0.3 is 24.2 Å². The minimum Gasteiger partial charge on any atom is -0.458 e. The number of aromatic amines is 1. The van der Waals surface area contributed by atoms with E-state index in [0.29, 0.717) is 53.8 Å². The van der Waals surface area contributed by atoms with Gasteiger partial charge in [0.1, 0.15) is 33.4 Å². The average molecular weight is 601 g/mol. The van der Waals surface area contributed by atoms with Gasteiger partial charge in [-0.3, -0.25) is 9.89 Å². The summed E-state index contributed by atoms with van der Waals surface area (Å²) in [6, 6.07) is 3.04. The molecule has 1 amide bonds. The summed E-state index contributed by atoms with van der Waals surface area (Å²) in [7, 11) is 2.04. The van der Waals surface area contributed by atoms with E-state index in [1.165, 1.54) is 18.3 Å². The van der Waals surface area contributed by atoms with Crippen LogP contribution in [0.1, 0.15) is 6.92 Å². The first-order chi connectivity index (χ1) is 19.7. The number of H-pyrrole nitrogens is 1. The molecule has 6 rings (SSSR count). The van der Waals surface area contributed by atoms with Crippen LogP contribution in [0.5, 0.6) is 17.6 Å². The second-order valence-corrected chi connectivity index (χ2v) is 11.0. The van der Waals surface area contributed by atoms with E-state index in [0.717, 1.165) is 13.1 Å². The number of pyridine rings is 1. The Hall–Kier alpha value is -3.74. The molecule has 2 saturated heterocycles. The molecule has 2 atom stereocenters. The number of benzene rings is 1. The third-order valence-electron chi connectivity index (χ3n) is 7.42. The van der Waals surface area contributed by atoms with E-state index < -0.39 is 5.82 Å². The third-order valence-corrected chi connectivity index (χ3v) is 7.97. The molecule has 1 N–H and O–H groups in total. The number of amides is 1. The number of piperazine rings is 1. The second-order valence-electron chi connectivity index (χ2n) is 10.3. The van der Waals surface area contributed by atoms with Crippen molar-refractivity contribution in [2.75, 3.05) is 51.2 Å². The monoisotopic (exact) mass is 600 g/mol. The number of aromatic nitrogens is 5. The van der Waals surface area contributed by atoms with Crippen molar-refractivity contribution in [1.29, 1.82) is 0 Å². The summed E-state index contributed by atoms with van der Waals surface area (Å²) in [4.78, 5) is 32.0. The van der Waals surface area contributed by atoms with Gasteiger partial charge in [0.2, 0.25) is 11.8 Å². The predicted octanol–water partition coefficient (Wildman–Crippen LogP) is 4.30. The van der Waals surface area contributed by atoms with Crippen molar-refractivity contribution >= 4 is 56.7 Å². The van der Waals surface area contributed by atoms with Crippen LogP contribution < -0.4 is 14.4 Å². The van der Waals surface area contributed by atoms with E-state index >= 15 is 0 Å². The molecule has 2 aliphatic rings. The molecular weight excluding hydrogens is 574 g/mol. The van der Waals surface area contributed by atoms with E-state index in [9.17, 15) is 9.18 Å². The fourth-order valence-corrected chi connectivity index (χ4v) is 5.71. The number of hydrogen-bond donors (Lipinski definition) is 1. The quantitative estimate of drug-likeness (QED) is 0.255. The number of fused-ring (bicyclic) bond motifs is 2. The van der Waals surface area contributed by atoms with Crippen LogP contribution in [-0.2, 0) is 4.79 Å². The Morgan fingerprint density at radius 3 is 2.63 bits per heavy atom. The van der Waals surface area contributed by atoms with Crippen molar-refractivity contribution in [1.82, 2.24) is 34.9 Å². The van der Waals surface area contributed by atoms with E-state index in [1.807, 2.05) is 11.9 Å². The van der Waals surface area contributed by atoms with Gasteiger partial charge in [-0.05, 0) is 19.2 Å². The van der Waals surface area contributed by atoms with E-state index in [4.69, 9.17) is 42.6 Å². The lowest BCUT2D eigenvalue weighted by Gasteiger charge is -2.35. The number of hydrogen-bond acceptors (Lipinski definition) is 9. The lowest BCUT2D eigenvalue weighted by atomic mass is 10.1. The average Bonchev–Trinajstić information content (AvgIpc) is 3.55. The molecule has 14 heteroatoms. The summed E-state index contributed by atoms with van der Waals surface area (Å²) in [6.45, 7) is 9.29. The fraction of sp³-hybridized carbons (Fsp3) is 0.370. The Labute approximate surface area is 244 Å². The predicted molar refractivity (Wildman–Crippen MR) is 154 cm³/mol. The van der Waals surface area contributed by atoms with E-state index in [1.54, 1.807) is 11.0 Å². The van der Waals surface area contributed by atoms with Crippen LogP contribution in [0.4, 0.5) is 10.2 Å². The number of carbonyl (C=O) groups is 1. The standard InChI is InChI=1S/C27H27Cl2FN8O3/c1-4-21(39)37-5-7-38(8-6-37)25-15-9-20(28)32-26(41-24-16-11-31-35-18(16)10-17(30)22(24)29)23(15)33-27(34-25)40-19-13-36(3)12-14(19)2/h4,9-11,14,19H,1,5-8,12-13H2,2-3H3,(H,31,35)/t14-,19-/m1/s1. The van der Waals surface area contributed by atoms with Crippen LogP contribution in [0.25, 0.3) is 21.8 Å². The van der Waals surface area contributed by atoms with Gasteiger partial charge in [-0.1, -0.05) is 36.7 Å². The Balaban J connectivity index is 1.46. The molecule has 0 unspecified atom stereocenters. The van der Waals surface area contributed by atoms with Crippen molar-refractivity contribution in [3.63, 3.8) is 0 Å². The van der Waals surface area contributed by atoms with Crippen LogP contribution in [0.15, 0.2) is 31.0 Å². The molecule has 0 spiro atoms. The van der Waals surface area contributed by atoms with Crippen molar-refractivity contribution in [3.05, 3.63) is 47.0 Å². The maximum absolute atomic E-state index is 14.7. The summed E-state index contributed by atoms with van der Waals surface area (Å²) < 4.78 is 27.2. The zero-order valence-corrected chi connectivity index (χ0v) is 23.9. The van der Waals surface area contributed by atoms with Gasteiger partial charge in [0, 0.05) is 51.3 Å². The zero-order chi connectivity index (χ0) is 28.8. The Kier molecular flexibility index (Phi) is 7.30. The molecule has 2 fully saturated rings. The van der Waals surface area contributed by atoms with E-state index in [-0.39, 0.29) is 45.7 Å². The smallest absolute Gasteiger partial charge is 0.319 e. The molecule has 0 bridgehead atoms. The molecule has 41 heavy (non-hydrogen) atoms. The van der Waals surface area contributed by atoms with Gasteiger partial charge in [0.15, 0.2) is 5.75 Å². The highest BCUT2D eigenvalue weighted by molar-refractivity contribution is 6.33. The fourth-order valence-electron chi connectivity index (χ4n) is 5.33. The third kappa shape index (κ3) is 5.22. The number of halogens is 3. The number of nitrogens with zero attached hydrogens (tertiary/aromatic N) is 7. The minimum absolute atomic E-state index is 0.00746. The Bertz CT molecular complexity index is 1660. The van der Waals surface area contributed by atoms with E-state index in [2.05, 4.69) is 33.6 Å². The Morgan fingerprint density at radius 2 is 1.93 bits per heavy atom. The van der Waals surface area contributed by atoms with Gasteiger partial charge >= 0.3 is 6.01 Å². The summed E-state index contributed by atoms with van der Waals surface area (Å²) in [5.74, 6) is 0.0413. The number of ether oxygens (including phenoxy) is 2. The lowest BCUT2D eigenvalue weighted by Crippen LogP contribution is -2.48. The molecule has 5 heterocycles. The molecule has 0 radical (unpaired) electrons. The van der Waals surface area contributed by atoms with Crippen LogP contribution in [0.3, 0.4) is 0 Å². The van der Waals surface area contributed by atoms with Gasteiger partial charge in [-0.15, -0.1) is 0 Å². The van der Waals surface area contributed by atoms with Crippen LogP contribution in [0, 0.1) is 11.7 Å². The van der Waals surface area contributed by atoms with Crippen molar-refractivity contribution in [2.45, 2.75) is 13.0 Å². The van der Waals surface area contributed by atoms with Crippen molar-refractivity contribution in [3.8, 4) is 17.6 Å². The maximum atomic E-state index is 14.7. The van der Waals surface area contributed by atoms with Gasteiger partial charge in [0.05, 0.1) is 22.5 Å². The molecule has 0 saturated carbocycles. The molecule has 0 aliphatic carbocycles. The molecule has 2 aliphatic heterocycles. The largest absolute Gasteiger partial charge is 0.458 e. The number of likely N-dealkylation sites (N-methyl/N-ethyl adjacent to an activating group) is 1. The highest BCUT2D eigenvalue weighted by atomic mass is 35.5. The van der Waals surface area contributed by atoms with Gasteiger partial charge in [-0.25, -0.2) is 4.39 Å². The summed E-state index contributed by atoms with van der Waals surface area (Å²) >= 11 is 12.8. The Morgan fingerprint density at radius 1 is 1.15 bits per heavy atom. The number of nitrogens with one attached hydrogen (secondary N) is 1. The van der Waals surface area contributed by atoms with Crippen molar-refractivity contribution in [2.24, 2.45) is 5.92 Å². The summed E-state index contributed by atoms with van der Waals surface area (Å²) in [6.07, 6.45) is 2.67. The van der Waals surface area contributed by atoms with Crippen LogP contribution in [0.2, 0.25) is 10.2 Å². The maximum Gasteiger partial charge on any atom is 0.319 e. The normalized spacial score (nSPS) is 19.7. The SMILES string of the molecule is C=CC(=O)N1CCN(c2nc(O[C@@H]3CN(C)C[C@H]3C)nc3c(Oc4c(Cl)c(F)cc5[nH]ncc45)nc(Cl)cc23)CC1. The molecule has 214 valence electrons. The zero-order valence-electron chi connectivity index (χ0n) is 22.4. The molecular formula is C27H27Cl2FN8O3. The van der Waals surface area contributed by atoms with Crippen molar-refractivity contribution < 1.29 is 18.7 Å². The van der Waals surface area contributed by atoms with Gasteiger partial charge in [0.25, 0.3) is 0 Å². The number of anilines is 1. The number of carbonyl (C=O) groups excluding carboxylic acids is 1. The molecule has 1 aromatic carbocycles. The highest BCUT2D eigenvalue weighted by Gasteiger charge is 2.31. The highest BCUT2D eigenvalue weighted by Crippen LogP contribution is 2.41. The number of rotatable bonds is 6. The number of likely N-dealkylation sites (tertiary alicyclic amines) is 1. The first kappa shape index (κ1) is 27.4. The second kappa shape index (κ2) is 10.9. The van der Waals surface area contributed by atoms with Crippen LogP contribution >= 0.6 is 23.2 Å². The summed E-state index contributed by atoms with van der Waals surface area (Å²) in [5.41, 5.74) is 0.717. The first-order valence-corrected chi connectivity index (χ1v) is 13.9. The molecule has 11 nitrogen and oxygen atoms in total.